The Morgan fingerprint density at radius 2 is 1.84 bits per heavy atom. The van der Waals surface area contributed by atoms with Gasteiger partial charge in [-0.25, -0.2) is 0 Å². The molecule has 9 heteroatoms. The number of aliphatic hydroxyl groups is 2. The van der Waals surface area contributed by atoms with Crippen molar-refractivity contribution in [3.8, 4) is 22.8 Å². The predicted octanol–water partition coefficient (Wildman–Crippen LogP) is 3.73. The monoisotopic (exact) mass is 483 g/mol. The summed E-state index contributed by atoms with van der Waals surface area (Å²) in [5.41, 5.74) is 0.492. The number of aliphatic hydroxyl groups excluding tert-OH is 2. The van der Waals surface area contributed by atoms with Crippen LogP contribution in [0.1, 0.15) is 24.8 Å². The van der Waals surface area contributed by atoms with Crippen LogP contribution < -0.4 is 5.43 Å². The van der Waals surface area contributed by atoms with Crippen molar-refractivity contribution in [2.24, 2.45) is 0 Å². The number of hydrogen-bond acceptors (Lipinski definition) is 7. The van der Waals surface area contributed by atoms with Crippen molar-refractivity contribution in [3.05, 3.63) is 57.2 Å². The van der Waals surface area contributed by atoms with Gasteiger partial charge in [-0.15, -0.1) is 12.4 Å². The molecule has 0 bridgehead atoms. The fraction of sp³-hybridized carbons (Fsp3) is 0.348. The first-order valence-corrected chi connectivity index (χ1v) is 10.4. The van der Waals surface area contributed by atoms with Crippen LogP contribution in [0.15, 0.2) is 45.6 Å². The Hall–Kier alpha value is -2.29. The summed E-state index contributed by atoms with van der Waals surface area (Å²) in [6, 6.07) is 9.35. The number of piperidine rings is 1. The third kappa shape index (κ3) is 5.19. The average Bonchev–Trinajstić information content (AvgIpc) is 2.69. The zero-order chi connectivity index (χ0) is 22.7. The Morgan fingerprint density at radius 1 is 1.19 bits per heavy atom. The van der Waals surface area contributed by atoms with Crippen LogP contribution in [0, 0.1) is 0 Å². The number of hydrogen-bond donors (Lipinski definition) is 4. The van der Waals surface area contributed by atoms with Gasteiger partial charge in [-0.3, -0.25) is 4.79 Å². The molecule has 0 amide bonds. The highest BCUT2D eigenvalue weighted by atomic mass is 35.5. The van der Waals surface area contributed by atoms with E-state index in [0.717, 1.165) is 12.6 Å². The number of benzene rings is 2. The maximum atomic E-state index is 12.8. The first kappa shape index (κ1) is 26.0. The highest BCUT2D eigenvalue weighted by Crippen LogP contribution is 2.42. The number of rotatable bonds is 2. The fourth-order valence-corrected chi connectivity index (χ4v) is 4.13. The van der Waals surface area contributed by atoms with E-state index in [1.54, 1.807) is 31.2 Å². The Bertz CT molecular complexity index is 1130. The van der Waals surface area contributed by atoms with Crippen LogP contribution in [-0.2, 0) is 0 Å². The summed E-state index contributed by atoms with van der Waals surface area (Å²) < 4.78 is 6.00. The molecule has 32 heavy (non-hydrogen) atoms. The number of likely N-dealkylation sites (tertiary alicyclic amines) is 1. The van der Waals surface area contributed by atoms with Crippen LogP contribution in [0.3, 0.4) is 0 Å². The second-order valence-electron chi connectivity index (χ2n) is 7.53. The largest absolute Gasteiger partial charge is 0.507 e. The molecular weight excluding hydrogens is 457 g/mol. The zero-order valence-corrected chi connectivity index (χ0v) is 19.4. The number of likely N-dealkylation sites (N-methyl/N-ethyl adjacent to an activating group) is 1. The summed E-state index contributed by atoms with van der Waals surface area (Å²) in [4.78, 5) is 14.8. The number of β-amino-alcohol motifs (C(OH)–C–C–N with tert-alkyl or cyclic N) is 1. The molecule has 0 aliphatic carbocycles. The fourth-order valence-electron chi connectivity index (χ4n) is 3.90. The minimum atomic E-state index is -0.744. The molecular formula is C23H27Cl2NO6. The third-order valence-corrected chi connectivity index (χ3v) is 5.62. The van der Waals surface area contributed by atoms with Crippen LogP contribution in [0.2, 0.25) is 5.02 Å². The minimum absolute atomic E-state index is 0. The van der Waals surface area contributed by atoms with Crippen molar-refractivity contribution in [1.29, 1.82) is 0 Å². The number of phenols is 2. The van der Waals surface area contributed by atoms with Gasteiger partial charge in [0.05, 0.1) is 11.1 Å². The minimum Gasteiger partial charge on any atom is -0.507 e. The SMILES string of the molecule is CCO.CN1CC[C@@H](c2c(O)cc(O)c3c(=O)cc(-c4ccccc4Cl)oc23)[C@@H](O)C1.Cl. The molecule has 7 nitrogen and oxygen atoms in total. The average molecular weight is 484 g/mol. The molecule has 0 unspecified atom stereocenters. The Kier molecular flexibility index (Phi) is 8.95. The summed E-state index contributed by atoms with van der Waals surface area (Å²) in [6.45, 7) is 3.08. The van der Waals surface area contributed by atoms with Crippen LogP contribution >= 0.6 is 24.0 Å². The van der Waals surface area contributed by atoms with E-state index in [2.05, 4.69) is 0 Å². The summed E-state index contributed by atoms with van der Waals surface area (Å²) in [7, 11) is 1.91. The molecule has 1 saturated heterocycles. The molecule has 1 fully saturated rings. The first-order valence-electron chi connectivity index (χ1n) is 10.0. The smallest absolute Gasteiger partial charge is 0.197 e. The number of halogens is 2. The van der Waals surface area contributed by atoms with Gasteiger partial charge in [0, 0.05) is 42.3 Å². The van der Waals surface area contributed by atoms with Gasteiger partial charge in [0.1, 0.15) is 28.2 Å². The van der Waals surface area contributed by atoms with Gasteiger partial charge in [0.25, 0.3) is 0 Å². The van der Waals surface area contributed by atoms with Gasteiger partial charge < -0.3 is 29.7 Å². The molecule has 2 aromatic carbocycles. The molecule has 1 aliphatic rings. The predicted molar refractivity (Wildman–Crippen MR) is 127 cm³/mol. The normalized spacial score (nSPS) is 18.5. The van der Waals surface area contributed by atoms with Crippen LogP contribution in [0.25, 0.3) is 22.3 Å². The number of aromatic hydroxyl groups is 2. The Balaban J connectivity index is 0.000000860. The second-order valence-corrected chi connectivity index (χ2v) is 7.94. The molecule has 0 radical (unpaired) electrons. The lowest BCUT2D eigenvalue weighted by Gasteiger charge is -2.34. The molecule has 174 valence electrons. The molecule has 1 aliphatic heterocycles. The van der Waals surface area contributed by atoms with E-state index in [9.17, 15) is 20.1 Å². The van der Waals surface area contributed by atoms with Crippen LogP contribution in [0.5, 0.6) is 11.5 Å². The lowest BCUT2D eigenvalue weighted by Crippen LogP contribution is -2.40. The van der Waals surface area contributed by atoms with Crippen molar-refractivity contribution >= 4 is 35.0 Å². The first-order chi connectivity index (χ1) is 14.8. The number of phenolic OH excluding ortho intramolecular Hbond substituents is 2. The molecule has 0 saturated carbocycles. The van der Waals surface area contributed by atoms with E-state index in [0.29, 0.717) is 29.1 Å². The molecule has 0 spiro atoms. The van der Waals surface area contributed by atoms with Gasteiger partial charge in [-0.2, -0.15) is 0 Å². The quantitative estimate of drug-likeness (QED) is 0.438. The topological polar surface area (TPSA) is 114 Å². The number of fused-ring (bicyclic) bond motifs is 1. The number of nitrogens with zero attached hydrogens (tertiary/aromatic N) is 1. The summed E-state index contributed by atoms with van der Waals surface area (Å²) in [5, 5.41) is 39.4. The van der Waals surface area contributed by atoms with E-state index < -0.39 is 17.5 Å². The summed E-state index contributed by atoms with van der Waals surface area (Å²) in [6.07, 6.45) is -0.169. The van der Waals surface area contributed by atoms with Crippen LogP contribution in [0.4, 0.5) is 0 Å². The summed E-state index contributed by atoms with van der Waals surface area (Å²) >= 11 is 6.25. The van der Waals surface area contributed by atoms with Gasteiger partial charge in [0.15, 0.2) is 5.43 Å². The van der Waals surface area contributed by atoms with E-state index in [1.807, 2.05) is 11.9 Å². The molecule has 2 atom stereocenters. The molecule has 1 aromatic heterocycles. The zero-order valence-electron chi connectivity index (χ0n) is 17.8. The standard InChI is InChI=1S/C21H20ClNO5.C2H6O.ClH/c1-23-7-6-12(17(27)10-23)19-14(24)8-15(25)20-16(26)9-18(28-21(19)20)11-4-2-3-5-13(11)22;1-2-3;/h2-5,8-9,12,17,24-25,27H,6-7,10H2,1H3;3H,2H2,1H3;1H/t12-,17+;;/m1../s1. The molecule has 4 N–H and O–H groups in total. The lowest BCUT2D eigenvalue weighted by molar-refractivity contribution is 0.0630. The third-order valence-electron chi connectivity index (χ3n) is 5.29. The van der Waals surface area contributed by atoms with Crippen LogP contribution in [-0.4, -0.2) is 58.2 Å². The highest BCUT2D eigenvalue weighted by molar-refractivity contribution is 6.33. The van der Waals surface area contributed by atoms with Crippen molar-refractivity contribution in [2.75, 3.05) is 26.7 Å². The summed E-state index contributed by atoms with van der Waals surface area (Å²) in [5.74, 6) is -0.767. The van der Waals surface area contributed by atoms with E-state index in [-0.39, 0.29) is 47.2 Å². The van der Waals surface area contributed by atoms with Gasteiger partial charge >= 0.3 is 0 Å². The molecule has 2 heterocycles. The highest BCUT2D eigenvalue weighted by Gasteiger charge is 2.33. The lowest BCUT2D eigenvalue weighted by atomic mass is 9.85. The van der Waals surface area contributed by atoms with Crippen molar-refractivity contribution < 1.29 is 24.8 Å². The van der Waals surface area contributed by atoms with Gasteiger partial charge in [-0.05, 0) is 39.1 Å². The van der Waals surface area contributed by atoms with Gasteiger partial charge in [-0.1, -0.05) is 23.7 Å². The van der Waals surface area contributed by atoms with E-state index in [1.165, 1.54) is 6.07 Å². The van der Waals surface area contributed by atoms with Crippen molar-refractivity contribution in [1.82, 2.24) is 4.90 Å². The Labute approximate surface area is 196 Å². The van der Waals surface area contributed by atoms with E-state index >= 15 is 0 Å². The van der Waals surface area contributed by atoms with Gasteiger partial charge in [0.2, 0.25) is 0 Å². The van der Waals surface area contributed by atoms with E-state index in [4.69, 9.17) is 21.1 Å². The van der Waals surface area contributed by atoms with Crippen molar-refractivity contribution in [2.45, 2.75) is 25.4 Å². The molecule has 4 rings (SSSR count). The molecule has 3 aromatic rings. The Morgan fingerprint density at radius 3 is 2.47 bits per heavy atom. The maximum absolute atomic E-state index is 12.8. The second kappa shape index (κ2) is 11.0. The maximum Gasteiger partial charge on any atom is 0.197 e. The van der Waals surface area contributed by atoms with Crippen molar-refractivity contribution in [3.63, 3.8) is 0 Å².